The molecule has 1 aromatic rings. The molecule has 0 aromatic heterocycles. The van der Waals surface area contributed by atoms with E-state index in [2.05, 4.69) is 15.6 Å². The van der Waals surface area contributed by atoms with Gasteiger partial charge < -0.3 is 25.0 Å². The van der Waals surface area contributed by atoms with Crippen molar-refractivity contribution in [1.29, 1.82) is 0 Å². The first-order valence-electron chi connectivity index (χ1n) is 10.4. The highest BCUT2D eigenvalue weighted by molar-refractivity contribution is 14.0. The van der Waals surface area contributed by atoms with Crippen molar-refractivity contribution in [3.05, 3.63) is 29.8 Å². The van der Waals surface area contributed by atoms with Gasteiger partial charge in [-0.15, -0.1) is 24.0 Å². The molecule has 1 amide bonds. The van der Waals surface area contributed by atoms with Gasteiger partial charge in [0.25, 0.3) is 0 Å². The van der Waals surface area contributed by atoms with Crippen LogP contribution in [0.3, 0.4) is 0 Å². The molecule has 1 aliphatic heterocycles. The minimum Gasteiger partial charge on any atom is -0.496 e. The van der Waals surface area contributed by atoms with Crippen molar-refractivity contribution in [3.8, 4) is 5.75 Å². The second-order valence-corrected chi connectivity index (χ2v) is 8.32. The van der Waals surface area contributed by atoms with E-state index >= 15 is 0 Å². The van der Waals surface area contributed by atoms with Crippen molar-refractivity contribution in [2.75, 3.05) is 33.3 Å². The summed E-state index contributed by atoms with van der Waals surface area (Å²) in [5, 5.41) is 6.71. The van der Waals surface area contributed by atoms with E-state index in [-0.39, 0.29) is 30.1 Å². The molecule has 1 unspecified atom stereocenters. The van der Waals surface area contributed by atoms with Crippen LogP contribution in [0.1, 0.15) is 46.1 Å². The Morgan fingerprint density at radius 2 is 2.00 bits per heavy atom. The van der Waals surface area contributed by atoms with Crippen LogP contribution >= 0.6 is 24.0 Å². The Morgan fingerprint density at radius 3 is 2.67 bits per heavy atom. The number of hydrogen-bond donors (Lipinski definition) is 2. The maximum Gasteiger partial charge on any atom is 0.410 e. The Balaban J connectivity index is 0.00000450. The molecule has 0 spiro atoms. The SMILES string of the molecule is CCNC(=NCc1ccccc1OC)NCC1CCCN(C(=O)OC(C)(C)C)C1.I. The summed E-state index contributed by atoms with van der Waals surface area (Å²) in [4.78, 5) is 18.9. The Morgan fingerprint density at radius 1 is 1.27 bits per heavy atom. The first-order valence-corrected chi connectivity index (χ1v) is 10.4. The summed E-state index contributed by atoms with van der Waals surface area (Å²) in [7, 11) is 1.67. The summed E-state index contributed by atoms with van der Waals surface area (Å²) < 4.78 is 10.9. The number of carbonyl (C=O) groups is 1. The smallest absolute Gasteiger partial charge is 0.410 e. The van der Waals surface area contributed by atoms with Gasteiger partial charge in [0.15, 0.2) is 5.96 Å². The number of para-hydroxylation sites is 1. The monoisotopic (exact) mass is 532 g/mol. The zero-order valence-electron chi connectivity index (χ0n) is 18.9. The summed E-state index contributed by atoms with van der Waals surface area (Å²) in [6.07, 6.45) is 1.84. The third-order valence-electron chi connectivity index (χ3n) is 4.67. The molecule has 8 heteroatoms. The molecular weight excluding hydrogens is 495 g/mol. The molecule has 7 nitrogen and oxygen atoms in total. The van der Waals surface area contributed by atoms with Crippen molar-refractivity contribution in [2.45, 2.75) is 52.7 Å². The molecule has 1 atom stereocenters. The molecule has 170 valence electrons. The first-order chi connectivity index (χ1) is 13.8. The van der Waals surface area contributed by atoms with Crippen LogP contribution < -0.4 is 15.4 Å². The van der Waals surface area contributed by atoms with Crippen LogP contribution in [0.4, 0.5) is 4.79 Å². The zero-order valence-corrected chi connectivity index (χ0v) is 21.2. The van der Waals surface area contributed by atoms with E-state index in [9.17, 15) is 4.79 Å². The lowest BCUT2D eigenvalue weighted by Gasteiger charge is -2.34. The van der Waals surface area contributed by atoms with E-state index in [4.69, 9.17) is 9.47 Å². The number of benzene rings is 1. The standard InChI is InChI=1S/C22H36N4O3.HI/c1-6-23-20(25-15-18-11-7-8-12-19(18)28-5)24-14-17-10-9-13-26(16-17)21(27)29-22(2,3)4;/h7-8,11-12,17H,6,9-10,13-16H2,1-5H3,(H2,23,24,25);1H. The number of likely N-dealkylation sites (tertiary alicyclic amines) is 1. The van der Waals surface area contributed by atoms with Gasteiger partial charge in [0.05, 0.1) is 13.7 Å². The lowest BCUT2D eigenvalue weighted by atomic mass is 9.98. The number of aliphatic imine (C=N–C) groups is 1. The van der Waals surface area contributed by atoms with Gasteiger partial charge in [0.2, 0.25) is 0 Å². The third-order valence-corrected chi connectivity index (χ3v) is 4.67. The second kappa shape index (κ2) is 12.9. The van der Waals surface area contributed by atoms with Crippen molar-refractivity contribution < 1.29 is 14.3 Å². The van der Waals surface area contributed by atoms with Gasteiger partial charge in [-0.2, -0.15) is 0 Å². The Kier molecular flexibility index (Phi) is 11.3. The molecule has 0 aliphatic carbocycles. The van der Waals surface area contributed by atoms with Crippen LogP contribution in [-0.4, -0.2) is 55.8 Å². The number of methoxy groups -OCH3 is 1. The average Bonchev–Trinajstić information content (AvgIpc) is 2.69. The molecule has 2 rings (SSSR count). The number of ether oxygens (including phenoxy) is 2. The lowest BCUT2D eigenvalue weighted by molar-refractivity contribution is 0.0168. The van der Waals surface area contributed by atoms with E-state index in [1.165, 1.54) is 0 Å². The number of halogens is 1. The molecular formula is C22H37IN4O3. The average molecular weight is 532 g/mol. The van der Waals surface area contributed by atoms with Gasteiger partial charge in [-0.25, -0.2) is 9.79 Å². The number of nitrogens with zero attached hydrogens (tertiary/aromatic N) is 2. The summed E-state index contributed by atoms with van der Waals surface area (Å²) in [6.45, 7) is 11.3. The number of guanidine groups is 1. The van der Waals surface area contributed by atoms with Crippen molar-refractivity contribution in [1.82, 2.24) is 15.5 Å². The predicted octanol–water partition coefficient (Wildman–Crippen LogP) is 4.02. The molecule has 2 N–H and O–H groups in total. The number of carbonyl (C=O) groups excluding carboxylic acids is 1. The summed E-state index contributed by atoms with van der Waals surface area (Å²) in [6, 6.07) is 7.90. The third kappa shape index (κ3) is 8.97. The van der Waals surface area contributed by atoms with E-state index in [0.717, 1.165) is 49.7 Å². The number of amides is 1. The molecule has 0 bridgehead atoms. The van der Waals surface area contributed by atoms with E-state index in [0.29, 0.717) is 19.0 Å². The zero-order chi connectivity index (χ0) is 21.3. The fourth-order valence-corrected chi connectivity index (χ4v) is 3.30. The normalized spacial score (nSPS) is 17.0. The maximum absolute atomic E-state index is 12.4. The molecule has 1 aromatic carbocycles. The lowest BCUT2D eigenvalue weighted by Crippen LogP contribution is -2.47. The van der Waals surface area contributed by atoms with Crippen LogP contribution in [0.15, 0.2) is 29.3 Å². The van der Waals surface area contributed by atoms with Crippen molar-refractivity contribution in [2.24, 2.45) is 10.9 Å². The quantitative estimate of drug-likeness (QED) is 0.329. The second-order valence-electron chi connectivity index (χ2n) is 8.32. The molecule has 1 fully saturated rings. The maximum atomic E-state index is 12.4. The van der Waals surface area contributed by atoms with Crippen LogP contribution in [0.25, 0.3) is 0 Å². The molecule has 1 aliphatic rings. The van der Waals surface area contributed by atoms with Crippen molar-refractivity contribution >= 4 is 36.0 Å². The molecule has 0 saturated carbocycles. The Bertz CT molecular complexity index is 691. The fraction of sp³-hybridized carbons (Fsp3) is 0.636. The highest BCUT2D eigenvalue weighted by Crippen LogP contribution is 2.19. The minimum atomic E-state index is -0.467. The highest BCUT2D eigenvalue weighted by Gasteiger charge is 2.27. The van der Waals surface area contributed by atoms with Crippen molar-refractivity contribution in [3.63, 3.8) is 0 Å². The molecule has 0 radical (unpaired) electrons. The van der Waals surface area contributed by atoms with Gasteiger partial charge in [-0.3, -0.25) is 0 Å². The van der Waals surface area contributed by atoms with E-state index in [1.54, 1.807) is 7.11 Å². The number of hydrogen-bond acceptors (Lipinski definition) is 4. The van der Waals surface area contributed by atoms with Gasteiger partial charge in [0, 0.05) is 31.7 Å². The number of rotatable bonds is 6. The first kappa shape index (κ1) is 26.3. The van der Waals surface area contributed by atoms with Gasteiger partial charge in [-0.1, -0.05) is 18.2 Å². The largest absolute Gasteiger partial charge is 0.496 e. The number of piperidine rings is 1. The van der Waals surface area contributed by atoms with Gasteiger partial charge >= 0.3 is 6.09 Å². The minimum absolute atomic E-state index is 0. The van der Waals surface area contributed by atoms with Crippen LogP contribution in [0, 0.1) is 5.92 Å². The Labute approximate surface area is 198 Å². The summed E-state index contributed by atoms with van der Waals surface area (Å²) in [5.74, 6) is 1.98. The molecule has 1 saturated heterocycles. The Hall–Kier alpha value is -1.71. The topological polar surface area (TPSA) is 75.2 Å². The molecule has 30 heavy (non-hydrogen) atoms. The highest BCUT2D eigenvalue weighted by atomic mass is 127. The summed E-state index contributed by atoms with van der Waals surface area (Å²) in [5.41, 5.74) is 0.576. The van der Waals surface area contributed by atoms with Crippen LogP contribution in [0.2, 0.25) is 0 Å². The fourth-order valence-electron chi connectivity index (χ4n) is 3.30. The van der Waals surface area contributed by atoms with Crippen LogP contribution in [0.5, 0.6) is 5.75 Å². The molecule has 1 heterocycles. The van der Waals surface area contributed by atoms with Crippen LogP contribution in [-0.2, 0) is 11.3 Å². The van der Waals surface area contributed by atoms with E-state index in [1.807, 2.05) is 56.9 Å². The summed E-state index contributed by atoms with van der Waals surface area (Å²) >= 11 is 0. The van der Waals surface area contributed by atoms with Gasteiger partial charge in [-0.05, 0) is 52.5 Å². The van der Waals surface area contributed by atoms with E-state index < -0.39 is 5.60 Å². The number of nitrogens with one attached hydrogen (secondary N) is 2. The van der Waals surface area contributed by atoms with Gasteiger partial charge in [0.1, 0.15) is 11.4 Å². The predicted molar refractivity (Wildman–Crippen MR) is 132 cm³/mol.